The lowest BCUT2D eigenvalue weighted by atomic mass is 10.0. The Morgan fingerprint density at radius 3 is 2.86 bits per heavy atom. The maximum Gasteiger partial charge on any atom is 0.165 e. The van der Waals surface area contributed by atoms with Gasteiger partial charge in [0, 0.05) is 17.5 Å². The van der Waals surface area contributed by atoms with Crippen molar-refractivity contribution in [2.75, 3.05) is 0 Å². The molecule has 1 aliphatic heterocycles. The number of hydrogen-bond acceptors (Lipinski definition) is 4. The van der Waals surface area contributed by atoms with Crippen molar-refractivity contribution in [3.05, 3.63) is 46.9 Å². The third kappa shape index (κ3) is 2.76. The van der Waals surface area contributed by atoms with E-state index in [9.17, 15) is 0 Å². The molecule has 0 aliphatic carbocycles. The first kappa shape index (κ1) is 14.0. The monoisotopic (exact) mass is 287 g/mol. The fraction of sp³-hybridized carbons (Fsp3) is 0.412. The van der Waals surface area contributed by atoms with E-state index >= 15 is 0 Å². The van der Waals surface area contributed by atoms with Crippen molar-refractivity contribution in [1.29, 1.82) is 0 Å². The summed E-state index contributed by atoms with van der Waals surface area (Å²) in [6, 6.07) is 7.99. The molecule has 112 valence electrons. The average Bonchev–Trinajstić information content (AvgIpc) is 2.94. The van der Waals surface area contributed by atoms with Crippen LogP contribution in [-0.2, 0) is 19.6 Å². The first-order chi connectivity index (χ1) is 9.98. The van der Waals surface area contributed by atoms with Gasteiger partial charge in [-0.3, -0.25) is 0 Å². The number of benzene rings is 1. The molecule has 0 amide bonds. The predicted molar refractivity (Wildman–Crippen MR) is 80.5 cm³/mol. The van der Waals surface area contributed by atoms with Crippen LogP contribution in [0.4, 0.5) is 0 Å². The zero-order valence-corrected chi connectivity index (χ0v) is 12.7. The lowest BCUT2D eigenvalue weighted by Crippen LogP contribution is -2.24. The van der Waals surface area contributed by atoms with E-state index in [2.05, 4.69) is 19.9 Å². The zero-order valence-electron chi connectivity index (χ0n) is 12.7. The van der Waals surface area contributed by atoms with E-state index in [-0.39, 0.29) is 5.60 Å². The third-order valence-electron chi connectivity index (χ3n) is 3.71. The van der Waals surface area contributed by atoms with E-state index < -0.39 is 0 Å². The van der Waals surface area contributed by atoms with E-state index in [1.54, 1.807) is 0 Å². The van der Waals surface area contributed by atoms with Gasteiger partial charge in [-0.1, -0.05) is 12.1 Å². The van der Waals surface area contributed by atoms with E-state index in [0.717, 1.165) is 35.0 Å². The Balaban J connectivity index is 1.78. The Morgan fingerprint density at radius 1 is 1.33 bits per heavy atom. The Morgan fingerprint density at radius 2 is 2.14 bits per heavy atom. The van der Waals surface area contributed by atoms with E-state index in [0.29, 0.717) is 13.2 Å². The maximum atomic E-state index is 6.00. The van der Waals surface area contributed by atoms with Crippen molar-refractivity contribution in [1.82, 2.24) is 0 Å². The van der Waals surface area contributed by atoms with Crippen molar-refractivity contribution in [2.24, 2.45) is 5.73 Å². The summed E-state index contributed by atoms with van der Waals surface area (Å²) in [6.45, 7) is 6.95. The normalized spacial score (nSPS) is 15.6. The molecular formula is C17H21NO3. The van der Waals surface area contributed by atoms with Crippen molar-refractivity contribution < 1.29 is 13.9 Å². The molecule has 1 aliphatic rings. The van der Waals surface area contributed by atoms with Crippen LogP contribution in [0.2, 0.25) is 0 Å². The maximum absolute atomic E-state index is 6.00. The molecule has 2 N–H and O–H groups in total. The van der Waals surface area contributed by atoms with Gasteiger partial charge in [-0.25, -0.2) is 0 Å². The largest absolute Gasteiger partial charge is 0.485 e. The van der Waals surface area contributed by atoms with Gasteiger partial charge in [0.1, 0.15) is 23.7 Å². The zero-order chi connectivity index (χ0) is 15.0. The Labute approximate surface area is 124 Å². The number of aryl methyl sites for hydroxylation is 1. The minimum absolute atomic E-state index is 0.167. The van der Waals surface area contributed by atoms with Gasteiger partial charge in [0.25, 0.3) is 0 Å². The quantitative estimate of drug-likeness (QED) is 0.937. The van der Waals surface area contributed by atoms with Crippen molar-refractivity contribution >= 4 is 0 Å². The van der Waals surface area contributed by atoms with Crippen LogP contribution in [0, 0.1) is 6.92 Å². The number of ether oxygens (including phenoxy) is 2. The molecule has 0 fully saturated rings. The van der Waals surface area contributed by atoms with Gasteiger partial charge < -0.3 is 19.6 Å². The molecule has 0 saturated heterocycles. The van der Waals surface area contributed by atoms with Gasteiger partial charge in [-0.15, -0.1) is 0 Å². The van der Waals surface area contributed by atoms with Gasteiger partial charge >= 0.3 is 0 Å². The topological polar surface area (TPSA) is 57.6 Å². The number of fused-ring (bicyclic) bond motifs is 1. The highest BCUT2D eigenvalue weighted by atomic mass is 16.5. The van der Waals surface area contributed by atoms with E-state index in [1.165, 1.54) is 5.56 Å². The van der Waals surface area contributed by atoms with Gasteiger partial charge in [0.2, 0.25) is 0 Å². The second-order valence-electron chi connectivity index (χ2n) is 6.07. The number of nitrogens with two attached hydrogens (primary N) is 1. The van der Waals surface area contributed by atoms with Crippen LogP contribution < -0.4 is 15.2 Å². The highest BCUT2D eigenvalue weighted by Crippen LogP contribution is 2.42. The molecule has 0 bridgehead atoms. The first-order valence-corrected chi connectivity index (χ1v) is 7.20. The van der Waals surface area contributed by atoms with Crippen molar-refractivity contribution in [2.45, 2.75) is 45.9 Å². The molecular weight excluding hydrogens is 266 g/mol. The van der Waals surface area contributed by atoms with Crippen molar-refractivity contribution in [3.8, 4) is 11.5 Å². The highest BCUT2D eigenvalue weighted by molar-refractivity contribution is 5.50. The summed E-state index contributed by atoms with van der Waals surface area (Å²) in [5, 5.41) is 0. The summed E-state index contributed by atoms with van der Waals surface area (Å²) in [6.07, 6.45) is 0.904. The molecule has 0 unspecified atom stereocenters. The van der Waals surface area contributed by atoms with Crippen LogP contribution in [0.5, 0.6) is 11.5 Å². The lowest BCUT2D eigenvalue weighted by molar-refractivity contribution is 0.131. The van der Waals surface area contributed by atoms with Gasteiger partial charge in [0.05, 0.1) is 6.54 Å². The SMILES string of the molecule is Cc1oc(CN)cc1COc1cccc2c1OC(C)(C)C2. The predicted octanol–water partition coefficient (Wildman–Crippen LogP) is 3.34. The summed E-state index contributed by atoms with van der Waals surface area (Å²) < 4.78 is 17.5. The second-order valence-corrected chi connectivity index (χ2v) is 6.07. The second kappa shape index (κ2) is 5.11. The van der Waals surface area contributed by atoms with Crippen LogP contribution >= 0.6 is 0 Å². The van der Waals surface area contributed by atoms with Crippen LogP contribution in [0.25, 0.3) is 0 Å². The third-order valence-corrected chi connectivity index (χ3v) is 3.71. The van der Waals surface area contributed by atoms with Crippen LogP contribution in [0.1, 0.15) is 36.5 Å². The smallest absolute Gasteiger partial charge is 0.165 e. The van der Waals surface area contributed by atoms with Gasteiger partial charge in [-0.2, -0.15) is 0 Å². The van der Waals surface area contributed by atoms with Crippen LogP contribution in [0.3, 0.4) is 0 Å². The number of para-hydroxylation sites is 1. The number of rotatable bonds is 4. The molecule has 2 heterocycles. The fourth-order valence-electron chi connectivity index (χ4n) is 2.69. The van der Waals surface area contributed by atoms with Crippen LogP contribution in [0.15, 0.2) is 28.7 Å². The molecule has 2 aromatic rings. The standard InChI is InChI=1S/C17H21NO3/c1-11-13(7-14(9-18)20-11)10-19-15-6-4-5-12-8-17(2,3)21-16(12)15/h4-7H,8-10,18H2,1-3H3. The molecule has 1 aromatic carbocycles. The molecule has 1 aromatic heterocycles. The Kier molecular flexibility index (Phi) is 3.41. The van der Waals surface area contributed by atoms with Crippen molar-refractivity contribution in [3.63, 3.8) is 0 Å². The number of hydrogen-bond donors (Lipinski definition) is 1. The summed E-state index contributed by atoms with van der Waals surface area (Å²) >= 11 is 0. The van der Waals surface area contributed by atoms with Crippen LogP contribution in [-0.4, -0.2) is 5.60 Å². The number of furan rings is 1. The lowest BCUT2D eigenvalue weighted by Gasteiger charge is -2.18. The summed E-state index contributed by atoms with van der Waals surface area (Å²) in [5.41, 5.74) is 7.64. The molecule has 0 saturated carbocycles. The van der Waals surface area contributed by atoms with Gasteiger partial charge in [-0.05, 0) is 32.9 Å². The van der Waals surface area contributed by atoms with E-state index in [1.807, 2.05) is 25.1 Å². The van der Waals surface area contributed by atoms with E-state index in [4.69, 9.17) is 19.6 Å². The Hall–Kier alpha value is -1.94. The molecule has 3 rings (SSSR count). The Bertz CT molecular complexity index is 658. The fourth-order valence-corrected chi connectivity index (χ4v) is 2.69. The minimum Gasteiger partial charge on any atom is -0.485 e. The summed E-state index contributed by atoms with van der Waals surface area (Å²) in [5.74, 6) is 3.28. The minimum atomic E-state index is -0.167. The summed E-state index contributed by atoms with van der Waals surface area (Å²) in [7, 11) is 0. The molecule has 4 heteroatoms. The average molecular weight is 287 g/mol. The highest BCUT2D eigenvalue weighted by Gasteiger charge is 2.32. The summed E-state index contributed by atoms with van der Waals surface area (Å²) in [4.78, 5) is 0. The molecule has 21 heavy (non-hydrogen) atoms. The van der Waals surface area contributed by atoms with Gasteiger partial charge in [0.15, 0.2) is 11.5 Å². The molecule has 0 spiro atoms. The molecule has 0 radical (unpaired) electrons. The first-order valence-electron chi connectivity index (χ1n) is 7.20. The molecule has 0 atom stereocenters. The molecule has 4 nitrogen and oxygen atoms in total.